The highest BCUT2D eigenvalue weighted by atomic mass is 16.5. The smallest absolute Gasteiger partial charge is 0.182 e. The van der Waals surface area contributed by atoms with E-state index in [4.69, 9.17) is 9.47 Å². The fourth-order valence-corrected chi connectivity index (χ4v) is 3.27. The van der Waals surface area contributed by atoms with Crippen molar-refractivity contribution < 1.29 is 9.47 Å². The van der Waals surface area contributed by atoms with Crippen LogP contribution in [0.15, 0.2) is 23.2 Å². The van der Waals surface area contributed by atoms with Gasteiger partial charge in [0.1, 0.15) is 12.4 Å². The van der Waals surface area contributed by atoms with E-state index in [2.05, 4.69) is 50.9 Å². The molecule has 114 valence electrons. The molecule has 1 heterocycles. The van der Waals surface area contributed by atoms with Gasteiger partial charge in [-0.25, -0.2) is 0 Å². The Morgan fingerprint density at radius 3 is 2.52 bits per heavy atom. The molecular weight excluding hydrogens is 262 g/mol. The standard InChI is InChI=1S/C18H25NO2/c1-17(2)7-8-18(3,4)15-11-13(5-6-14(15)17)21-12-16-19-9-10-20-16/h5-6,9,11,16H,7-8,10,12H2,1-4H3/t16-/m0/s1. The molecule has 1 aromatic rings. The zero-order chi connectivity index (χ0) is 15.1. The largest absolute Gasteiger partial charge is 0.489 e. The van der Waals surface area contributed by atoms with Gasteiger partial charge in [0.05, 0.1) is 6.61 Å². The third-order valence-corrected chi connectivity index (χ3v) is 4.85. The molecule has 0 saturated carbocycles. The summed E-state index contributed by atoms with van der Waals surface area (Å²) in [6, 6.07) is 6.54. The lowest BCUT2D eigenvalue weighted by atomic mass is 9.63. The van der Waals surface area contributed by atoms with Gasteiger partial charge in [-0.05, 0) is 46.9 Å². The number of fused-ring (bicyclic) bond motifs is 1. The van der Waals surface area contributed by atoms with Crippen LogP contribution in [0, 0.1) is 0 Å². The predicted molar refractivity (Wildman–Crippen MR) is 85.5 cm³/mol. The Morgan fingerprint density at radius 1 is 1.14 bits per heavy atom. The van der Waals surface area contributed by atoms with E-state index in [-0.39, 0.29) is 17.1 Å². The maximum Gasteiger partial charge on any atom is 0.182 e. The monoisotopic (exact) mass is 287 g/mol. The summed E-state index contributed by atoms with van der Waals surface area (Å²) in [7, 11) is 0. The molecule has 0 bridgehead atoms. The lowest BCUT2D eigenvalue weighted by Gasteiger charge is -2.41. The molecule has 0 spiro atoms. The Bertz CT molecular complexity index is 560. The van der Waals surface area contributed by atoms with Crippen molar-refractivity contribution in [1.29, 1.82) is 0 Å². The average Bonchev–Trinajstić information content (AvgIpc) is 2.95. The molecule has 0 radical (unpaired) electrons. The summed E-state index contributed by atoms with van der Waals surface area (Å²) in [4.78, 5) is 4.22. The van der Waals surface area contributed by atoms with Crippen LogP contribution in [0.2, 0.25) is 0 Å². The van der Waals surface area contributed by atoms with E-state index in [9.17, 15) is 0 Å². The molecule has 21 heavy (non-hydrogen) atoms. The van der Waals surface area contributed by atoms with Crippen molar-refractivity contribution in [1.82, 2.24) is 0 Å². The fraction of sp³-hybridized carbons (Fsp3) is 0.611. The van der Waals surface area contributed by atoms with Crippen molar-refractivity contribution in [2.45, 2.75) is 57.6 Å². The molecule has 1 atom stereocenters. The van der Waals surface area contributed by atoms with E-state index in [0.717, 1.165) is 5.75 Å². The zero-order valence-electron chi connectivity index (χ0n) is 13.5. The summed E-state index contributed by atoms with van der Waals surface area (Å²) >= 11 is 0. The molecule has 1 aromatic carbocycles. The van der Waals surface area contributed by atoms with Gasteiger partial charge >= 0.3 is 0 Å². The van der Waals surface area contributed by atoms with Gasteiger partial charge in [-0.2, -0.15) is 0 Å². The first kappa shape index (κ1) is 14.6. The summed E-state index contributed by atoms with van der Waals surface area (Å²) in [5, 5.41) is 0. The molecule has 0 fully saturated rings. The van der Waals surface area contributed by atoms with Crippen molar-refractivity contribution >= 4 is 6.21 Å². The van der Waals surface area contributed by atoms with Crippen LogP contribution >= 0.6 is 0 Å². The Labute approximate surface area is 127 Å². The Balaban J connectivity index is 1.83. The minimum absolute atomic E-state index is 0.148. The highest BCUT2D eigenvalue weighted by molar-refractivity contribution is 5.60. The predicted octanol–water partition coefficient (Wildman–Crippen LogP) is 3.84. The molecular formula is C18H25NO2. The fourth-order valence-electron chi connectivity index (χ4n) is 3.27. The lowest BCUT2D eigenvalue weighted by Crippen LogP contribution is -2.33. The summed E-state index contributed by atoms with van der Waals surface area (Å²) in [5.41, 5.74) is 3.35. The molecule has 3 rings (SSSR count). The number of rotatable bonds is 3. The van der Waals surface area contributed by atoms with E-state index in [1.807, 2.05) is 0 Å². The Kier molecular flexibility index (Phi) is 3.56. The Morgan fingerprint density at radius 2 is 1.86 bits per heavy atom. The van der Waals surface area contributed by atoms with Crippen molar-refractivity contribution in [3.63, 3.8) is 0 Å². The third kappa shape index (κ3) is 2.84. The van der Waals surface area contributed by atoms with Crippen molar-refractivity contribution in [3.8, 4) is 5.75 Å². The van der Waals surface area contributed by atoms with Gasteiger partial charge in [0.15, 0.2) is 6.23 Å². The molecule has 0 amide bonds. The molecule has 0 aromatic heterocycles. The molecule has 2 aliphatic rings. The molecule has 3 nitrogen and oxygen atoms in total. The van der Waals surface area contributed by atoms with Gasteiger partial charge in [-0.1, -0.05) is 33.8 Å². The van der Waals surface area contributed by atoms with Crippen LogP contribution < -0.4 is 4.74 Å². The highest BCUT2D eigenvalue weighted by Gasteiger charge is 2.37. The number of benzene rings is 1. The van der Waals surface area contributed by atoms with Gasteiger partial charge in [-0.15, -0.1) is 0 Å². The first-order valence-corrected chi connectivity index (χ1v) is 7.80. The van der Waals surface area contributed by atoms with Gasteiger partial charge < -0.3 is 9.47 Å². The molecule has 0 saturated heterocycles. The zero-order valence-corrected chi connectivity index (χ0v) is 13.5. The van der Waals surface area contributed by atoms with Gasteiger partial charge in [0, 0.05) is 6.21 Å². The van der Waals surface area contributed by atoms with Crippen LogP contribution in [0.3, 0.4) is 0 Å². The van der Waals surface area contributed by atoms with Crippen LogP contribution in [0.1, 0.15) is 51.7 Å². The number of ether oxygens (including phenoxy) is 2. The van der Waals surface area contributed by atoms with Crippen LogP contribution in [0.4, 0.5) is 0 Å². The minimum atomic E-state index is -0.148. The summed E-state index contributed by atoms with van der Waals surface area (Å²) in [5.74, 6) is 0.922. The number of aliphatic imine (C=N–C) groups is 1. The van der Waals surface area contributed by atoms with Crippen molar-refractivity contribution in [2.75, 3.05) is 13.2 Å². The van der Waals surface area contributed by atoms with E-state index in [1.165, 1.54) is 24.0 Å². The molecule has 1 aliphatic heterocycles. The molecule has 1 aliphatic carbocycles. The SMILES string of the molecule is CC1(C)CCC(C)(C)c2cc(OC[C@H]3N=CCO3)ccc21. The first-order chi connectivity index (χ1) is 9.88. The summed E-state index contributed by atoms with van der Waals surface area (Å²) in [6.07, 6.45) is 4.10. The maximum absolute atomic E-state index is 5.88. The van der Waals surface area contributed by atoms with E-state index in [0.29, 0.717) is 13.2 Å². The van der Waals surface area contributed by atoms with Crippen LogP contribution in [0.25, 0.3) is 0 Å². The topological polar surface area (TPSA) is 30.8 Å². The summed E-state index contributed by atoms with van der Waals surface area (Å²) < 4.78 is 11.3. The van der Waals surface area contributed by atoms with Crippen molar-refractivity contribution in [2.24, 2.45) is 4.99 Å². The second-order valence-corrected chi connectivity index (χ2v) is 7.41. The van der Waals surface area contributed by atoms with Gasteiger partial charge in [0.25, 0.3) is 0 Å². The molecule has 0 N–H and O–H groups in total. The lowest BCUT2D eigenvalue weighted by molar-refractivity contribution is 0.0655. The quantitative estimate of drug-likeness (QED) is 0.845. The summed E-state index contributed by atoms with van der Waals surface area (Å²) in [6.45, 7) is 10.4. The molecule has 3 heteroatoms. The number of hydrogen-bond donors (Lipinski definition) is 0. The number of nitrogens with zero attached hydrogens (tertiary/aromatic N) is 1. The second-order valence-electron chi connectivity index (χ2n) is 7.41. The van der Waals surface area contributed by atoms with Crippen molar-refractivity contribution in [3.05, 3.63) is 29.3 Å². The van der Waals surface area contributed by atoms with Crippen LogP contribution in [-0.2, 0) is 15.6 Å². The van der Waals surface area contributed by atoms with Crippen LogP contribution in [-0.4, -0.2) is 25.7 Å². The average molecular weight is 287 g/mol. The Hall–Kier alpha value is -1.35. The first-order valence-electron chi connectivity index (χ1n) is 7.80. The van der Waals surface area contributed by atoms with Crippen LogP contribution in [0.5, 0.6) is 5.75 Å². The second kappa shape index (κ2) is 5.13. The third-order valence-electron chi connectivity index (χ3n) is 4.85. The normalized spacial score (nSPS) is 25.6. The maximum atomic E-state index is 5.88. The highest BCUT2D eigenvalue weighted by Crippen LogP contribution is 2.46. The van der Waals surface area contributed by atoms with E-state index in [1.54, 1.807) is 6.21 Å². The number of hydrogen-bond acceptors (Lipinski definition) is 3. The minimum Gasteiger partial charge on any atom is -0.489 e. The van der Waals surface area contributed by atoms with E-state index < -0.39 is 0 Å². The van der Waals surface area contributed by atoms with E-state index >= 15 is 0 Å². The molecule has 0 unspecified atom stereocenters. The van der Waals surface area contributed by atoms with Gasteiger partial charge in [0.2, 0.25) is 0 Å². The van der Waals surface area contributed by atoms with Gasteiger partial charge in [-0.3, -0.25) is 4.99 Å².